The maximum absolute atomic E-state index is 11.8. The van der Waals surface area contributed by atoms with Crippen molar-refractivity contribution in [1.82, 2.24) is 15.3 Å². The standard InChI is InChI=1S/C10H14N4OS/c11-9-6-12-5-8(14-9)10(15)13-7-1-3-16-4-2-7/h5-7H,1-4H2,(H2,11,14)(H,13,15). The second kappa shape index (κ2) is 5.16. The molecule has 0 spiro atoms. The Morgan fingerprint density at radius 1 is 1.44 bits per heavy atom. The van der Waals surface area contributed by atoms with Crippen LogP contribution in [0.15, 0.2) is 12.4 Å². The summed E-state index contributed by atoms with van der Waals surface area (Å²) in [5, 5.41) is 2.95. The van der Waals surface area contributed by atoms with E-state index < -0.39 is 0 Å². The van der Waals surface area contributed by atoms with Gasteiger partial charge in [0.25, 0.3) is 5.91 Å². The number of aromatic nitrogens is 2. The SMILES string of the molecule is Nc1cncc(C(=O)NC2CCSCC2)n1. The summed E-state index contributed by atoms with van der Waals surface area (Å²) < 4.78 is 0. The van der Waals surface area contributed by atoms with Crippen molar-refractivity contribution in [3.8, 4) is 0 Å². The minimum absolute atomic E-state index is 0.184. The van der Waals surface area contributed by atoms with Crippen LogP contribution in [0.5, 0.6) is 0 Å². The van der Waals surface area contributed by atoms with Gasteiger partial charge in [-0.2, -0.15) is 11.8 Å². The third kappa shape index (κ3) is 2.85. The molecule has 2 heterocycles. The van der Waals surface area contributed by atoms with E-state index in [2.05, 4.69) is 15.3 Å². The molecule has 0 saturated carbocycles. The molecule has 1 aliphatic rings. The molecule has 0 aromatic carbocycles. The first-order valence-corrected chi connectivity index (χ1v) is 6.37. The van der Waals surface area contributed by atoms with Gasteiger partial charge in [-0.05, 0) is 24.3 Å². The van der Waals surface area contributed by atoms with Gasteiger partial charge in [-0.25, -0.2) is 4.98 Å². The van der Waals surface area contributed by atoms with Crippen molar-refractivity contribution in [2.45, 2.75) is 18.9 Å². The van der Waals surface area contributed by atoms with E-state index in [9.17, 15) is 4.79 Å². The van der Waals surface area contributed by atoms with Gasteiger partial charge in [0, 0.05) is 6.04 Å². The van der Waals surface area contributed by atoms with Crippen LogP contribution in [0, 0.1) is 0 Å². The summed E-state index contributed by atoms with van der Waals surface area (Å²) >= 11 is 1.92. The van der Waals surface area contributed by atoms with E-state index in [0.29, 0.717) is 5.69 Å². The predicted octanol–water partition coefficient (Wildman–Crippen LogP) is 0.684. The lowest BCUT2D eigenvalue weighted by atomic mass is 10.1. The van der Waals surface area contributed by atoms with Crippen molar-refractivity contribution in [1.29, 1.82) is 0 Å². The number of hydrogen-bond donors (Lipinski definition) is 2. The molecule has 1 amide bonds. The largest absolute Gasteiger partial charge is 0.382 e. The summed E-state index contributed by atoms with van der Waals surface area (Å²) in [5.41, 5.74) is 5.76. The zero-order valence-corrected chi connectivity index (χ0v) is 9.67. The fourth-order valence-electron chi connectivity index (χ4n) is 1.59. The van der Waals surface area contributed by atoms with Crippen molar-refractivity contribution in [3.05, 3.63) is 18.1 Å². The highest BCUT2D eigenvalue weighted by Crippen LogP contribution is 2.17. The van der Waals surface area contributed by atoms with Crippen LogP contribution in [-0.2, 0) is 0 Å². The highest BCUT2D eigenvalue weighted by atomic mass is 32.2. The molecule has 0 bridgehead atoms. The first kappa shape index (κ1) is 11.2. The number of carbonyl (C=O) groups is 1. The lowest BCUT2D eigenvalue weighted by Gasteiger charge is -2.22. The van der Waals surface area contributed by atoms with Crippen LogP contribution in [0.3, 0.4) is 0 Å². The lowest BCUT2D eigenvalue weighted by molar-refractivity contribution is 0.0929. The number of hydrogen-bond acceptors (Lipinski definition) is 5. The zero-order valence-electron chi connectivity index (χ0n) is 8.85. The minimum atomic E-state index is -0.184. The van der Waals surface area contributed by atoms with Crippen molar-refractivity contribution in [2.75, 3.05) is 17.2 Å². The number of anilines is 1. The maximum atomic E-state index is 11.8. The molecule has 0 radical (unpaired) electrons. The first-order valence-electron chi connectivity index (χ1n) is 5.22. The molecule has 1 aromatic heterocycles. The lowest BCUT2D eigenvalue weighted by Crippen LogP contribution is -2.37. The molecule has 1 saturated heterocycles. The Morgan fingerprint density at radius 2 is 2.19 bits per heavy atom. The number of nitrogens with one attached hydrogen (secondary N) is 1. The number of thioether (sulfide) groups is 1. The van der Waals surface area contributed by atoms with Crippen LogP contribution in [0.1, 0.15) is 23.3 Å². The van der Waals surface area contributed by atoms with Gasteiger partial charge in [-0.1, -0.05) is 0 Å². The molecule has 6 heteroatoms. The van der Waals surface area contributed by atoms with Gasteiger partial charge in [-0.15, -0.1) is 0 Å². The molecular weight excluding hydrogens is 224 g/mol. The summed E-state index contributed by atoms with van der Waals surface area (Å²) in [4.78, 5) is 19.6. The first-order chi connectivity index (χ1) is 7.75. The Bertz CT molecular complexity index is 379. The topological polar surface area (TPSA) is 80.9 Å². The molecule has 5 nitrogen and oxygen atoms in total. The average molecular weight is 238 g/mol. The zero-order chi connectivity index (χ0) is 11.4. The molecule has 3 N–H and O–H groups in total. The quantitative estimate of drug-likeness (QED) is 0.792. The molecule has 0 unspecified atom stereocenters. The second-order valence-electron chi connectivity index (χ2n) is 3.69. The summed E-state index contributed by atoms with van der Waals surface area (Å²) in [6.07, 6.45) is 4.90. The van der Waals surface area contributed by atoms with E-state index in [-0.39, 0.29) is 17.8 Å². The molecule has 0 aliphatic carbocycles. The number of carbonyl (C=O) groups excluding carboxylic acids is 1. The van der Waals surface area contributed by atoms with Crippen LogP contribution >= 0.6 is 11.8 Å². The van der Waals surface area contributed by atoms with Crippen LogP contribution in [0.4, 0.5) is 5.82 Å². The molecule has 0 atom stereocenters. The van der Waals surface area contributed by atoms with E-state index >= 15 is 0 Å². The normalized spacial score (nSPS) is 17.0. The molecule has 1 aliphatic heterocycles. The predicted molar refractivity (Wildman–Crippen MR) is 64.3 cm³/mol. The summed E-state index contributed by atoms with van der Waals surface area (Å²) in [7, 11) is 0. The van der Waals surface area contributed by atoms with Gasteiger partial charge < -0.3 is 11.1 Å². The molecule has 16 heavy (non-hydrogen) atoms. The van der Waals surface area contributed by atoms with Crippen LogP contribution in [0.25, 0.3) is 0 Å². The fourth-order valence-corrected chi connectivity index (χ4v) is 2.70. The second-order valence-corrected chi connectivity index (χ2v) is 4.91. The smallest absolute Gasteiger partial charge is 0.271 e. The van der Waals surface area contributed by atoms with Gasteiger partial charge in [0.15, 0.2) is 0 Å². The third-order valence-electron chi connectivity index (χ3n) is 2.44. The van der Waals surface area contributed by atoms with Gasteiger partial charge in [0.05, 0.1) is 12.4 Å². The average Bonchev–Trinajstić information content (AvgIpc) is 2.30. The number of nitrogen functional groups attached to an aromatic ring is 1. The fraction of sp³-hybridized carbons (Fsp3) is 0.500. The maximum Gasteiger partial charge on any atom is 0.271 e. The van der Waals surface area contributed by atoms with E-state index in [4.69, 9.17) is 5.73 Å². The summed E-state index contributed by atoms with van der Waals surface area (Å²) in [6, 6.07) is 0.261. The van der Waals surface area contributed by atoms with Gasteiger partial charge >= 0.3 is 0 Å². The molecule has 2 rings (SSSR count). The van der Waals surface area contributed by atoms with Crippen LogP contribution in [-0.4, -0.2) is 33.4 Å². The number of nitrogens with two attached hydrogens (primary N) is 1. The Labute approximate surface area is 98.2 Å². The van der Waals surface area contributed by atoms with Crippen LogP contribution < -0.4 is 11.1 Å². The highest BCUT2D eigenvalue weighted by molar-refractivity contribution is 7.99. The Morgan fingerprint density at radius 3 is 2.88 bits per heavy atom. The number of rotatable bonds is 2. The molecular formula is C10H14N4OS. The molecule has 1 aromatic rings. The monoisotopic (exact) mass is 238 g/mol. The molecule has 1 fully saturated rings. The number of amides is 1. The van der Waals surface area contributed by atoms with Crippen molar-refractivity contribution in [2.24, 2.45) is 0 Å². The Hall–Kier alpha value is -1.30. The van der Waals surface area contributed by atoms with E-state index in [0.717, 1.165) is 24.3 Å². The molecule has 86 valence electrons. The summed E-state index contributed by atoms with van der Waals surface area (Å²) in [5.74, 6) is 2.30. The number of nitrogens with zero attached hydrogens (tertiary/aromatic N) is 2. The van der Waals surface area contributed by atoms with Gasteiger partial charge in [-0.3, -0.25) is 9.78 Å². The minimum Gasteiger partial charge on any atom is -0.382 e. The van der Waals surface area contributed by atoms with Crippen molar-refractivity contribution < 1.29 is 4.79 Å². The van der Waals surface area contributed by atoms with Crippen molar-refractivity contribution in [3.63, 3.8) is 0 Å². The van der Waals surface area contributed by atoms with Crippen molar-refractivity contribution >= 4 is 23.5 Å². The van der Waals surface area contributed by atoms with Crippen LogP contribution in [0.2, 0.25) is 0 Å². The van der Waals surface area contributed by atoms with E-state index in [1.165, 1.54) is 12.4 Å². The van der Waals surface area contributed by atoms with Gasteiger partial charge in [0.1, 0.15) is 11.5 Å². The van der Waals surface area contributed by atoms with E-state index in [1.54, 1.807) is 0 Å². The van der Waals surface area contributed by atoms with Gasteiger partial charge in [0.2, 0.25) is 0 Å². The van der Waals surface area contributed by atoms with E-state index in [1.807, 2.05) is 11.8 Å². The third-order valence-corrected chi connectivity index (χ3v) is 3.49. The Balaban J connectivity index is 1.97. The summed E-state index contributed by atoms with van der Waals surface area (Å²) in [6.45, 7) is 0. The Kier molecular flexibility index (Phi) is 3.61. The highest BCUT2D eigenvalue weighted by Gasteiger charge is 2.17.